The van der Waals surface area contributed by atoms with Gasteiger partial charge in [0.05, 0.1) is 6.54 Å². The van der Waals surface area contributed by atoms with Crippen molar-refractivity contribution < 1.29 is 22.0 Å². The lowest BCUT2D eigenvalue weighted by atomic mass is 10.1. The number of aromatic nitrogens is 1. The number of nitrogens with zero attached hydrogens (tertiary/aromatic N) is 1. The Balaban J connectivity index is 3.14. The van der Waals surface area contributed by atoms with E-state index in [0.29, 0.717) is 0 Å². The van der Waals surface area contributed by atoms with Gasteiger partial charge in [0.1, 0.15) is 10.6 Å². The summed E-state index contributed by atoms with van der Waals surface area (Å²) in [5, 5.41) is 2.63. The molecular weight excluding hydrogens is 326 g/mol. The highest BCUT2D eigenvalue weighted by molar-refractivity contribution is 8.13. The Kier molecular flexibility index (Phi) is 5.75. The molecule has 0 saturated heterocycles. The van der Waals surface area contributed by atoms with Crippen molar-refractivity contribution in [1.82, 2.24) is 9.88 Å². The highest BCUT2D eigenvalue weighted by atomic mass is 35.7. The number of halogens is 3. The van der Waals surface area contributed by atoms with Crippen LogP contribution in [0.3, 0.4) is 0 Å². The molecule has 120 valence electrons. The molecule has 0 radical (unpaired) electrons. The van der Waals surface area contributed by atoms with Crippen LogP contribution in [0.15, 0.2) is 17.2 Å². The van der Waals surface area contributed by atoms with Crippen molar-refractivity contribution in [3.63, 3.8) is 0 Å². The van der Waals surface area contributed by atoms with Crippen LogP contribution in [-0.4, -0.2) is 31.4 Å². The fraction of sp³-hybridized carbons (Fsp3) is 0.583. The van der Waals surface area contributed by atoms with Gasteiger partial charge in [-0.25, -0.2) is 17.2 Å². The molecule has 1 rings (SSSR count). The highest BCUT2D eigenvalue weighted by Gasteiger charge is 2.23. The van der Waals surface area contributed by atoms with Crippen LogP contribution in [0.4, 0.5) is 8.78 Å². The molecule has 5 nitrogen and oxygen atoms in total. The van der Waals surface area contributed by atoms with E-state index >= 15 is 0 Å². The zero-order valence-electron chi connectivity index (χ0n) is 11.8. The number of hydrogen-bond donors (Lipinski definition) is 1. The number of carbonyl (C=O) groups is 1. The third kappa shape index (κ3) is 4.96. The zero-order valence-corrected chi connectivity index (χ0v) is 13.4. The molecule has 0 aliphatic rings. The van der Waals surface area contributed by atoms with E-state index in [2.05, 4.69) is 5.32 Å². The first-order valence-corrected chi connectivity index (χ1v) is 8.57. The quantitative estimate of drug-likeness (QED) is 0.807. The van der Waals surface area contributed by atoms with Crippen molar-refractivity contribution in [2.45, 2.75) is 44.7 Å². The van der Waals surface area contributed by atoms with Crippen LogP contribution in [0.5, 0.6) is 0 Å². The van der Waals surface area contributed by atoms with E-state index in [0.717, 1.165) is 16.8 Å². The van der Waals surface area contributed by atoms with Gasteiger partial charge >= 0.3 is 0 Å². The van der Waals surface area contributed by atoms with Crippen molar-refractivity contribution >= 4 is 25.6 Å². The van der Waals surface area contributed by atoms with Crippen LogP contribution in [0.2, 0.25) is 0 Å². The fourth-order valence-corrected chi connectivity index (χ4v) is 2.31. The van der Waals surface area contributed by atoms with E-state index in [1.165, 1.54) is 0 Å². The second kappa shape index (κ2) is 6.74. The first-order valence-electron chi connectivity index (χ1n) is 6.26. The van der Waals surface area contributed by atoms with Gasteiger partial charge in [-0.15, -0.1) is 0 Å². The van der Waals surface area contributed by atoms with Crippen LogP contribution >= 0.6 is 10.7 Å². The summed E-state index contributed by atoms with van der Waals surface area (Å²) in [5.74, 6) is -0.480. The average molecular weight is 343 g/mol. The van der Waals surface area contributed by atoms with Crippen molar-refractivity contribution in [3.05, 3.63) is 18.0 Å². The summed E-state index contributed by atoms with van der Waals surface area (Å²) in [6.45, 7) is 4.75. The molecule has 1 amide bonds. The maximum absolute atomic E-state index is 12.5. The summed E-state index contributed by atoms with van der Waals surface area (Å²) in [7, 11) is 1.09. The smallest absolute Gasteiger partial charge is 0.268 e. The van der Waals surface area contributed by atoms with E-state index in [1.807, 2.05) is 13.8 Å². The predicted octanol–water partition coefficient (Wildman–Crippen LogP) is 2.46. The average Bonchev–Trinajstić information content (AvgIpc) is 2.71. The number of hydrogen-bond acceptors (Lipinski definition) is 3. The van der Waals surface area contributed by atoms with Gasteiger partial charge in [0.2, 0.25) is 0 Å². The van der Waals surface area contributed by atoms with Gasteiger partial charge in [-0.1, -0.05) is 13.8 Å². The standard InChI is InChI=1S/C12H17ClF2N2O3S/c1-7(2)8(3)16-12(18)10-4-9(21(13,19)20)5-17(10)6-11(14)15/h4-5,7-8,11H,6H2,1-3H3,(H,16,18). The van der Waals surface area contributed by atoms with Crippen molar-refractivity contribution in [1.29, 1.82) is 0 Å². The Morgan fingerprint density at radius 1 is 1.38 bits per heavy atom. The molecule has 1 N–H and O–H groups in total. The molecule has 1 aromatic rings. The predicted molar refractivity (Wildman–Crippen MR) is 75.2 cm³/mol. The van der Waals surface area contributed by atoms with E-state index in [-0.39, 0.29) is 22.5 Å². The number of nitrogens with one attached hydrogen (secondary N) is 1. The minimum Gasteiger partial charge on any atom is -0.348 e. The Morgan fingerprint density at radius 3 is 2.38 bits per heavy atom. The summed E-state index contributed by atoms with van der Waals surface area (Å²) in [4.78, 5) is 11.7. The molecule has 0 aromatic carbocycles. The van der Waals surface area contributed by atoms with Gasteiger partial charge in [0.25, 0.3) is 21.4 Å². The molecule has 0 saturated carbocycles. The van der Waals surface area contributed by atoms with Gasteiger partial charge in [-0.3, -0.25) is 4.79 Å². The first kappa shape index (κ1) is 17.9. The third-order valence-electron chi connectivity index (χ3n) is 3.08. The maximum Gasteiger partial charge on any atom is 0.268 e. The Labute approximate surface area is 126 Å². The van der Waals surface area contributed by atoms with E-state index in [1.54, 1.807) is 6.92 Å². The maximum atomic E-state index is 12.5. The second-order valence-electron chi connectivity index (χ2n) is 5.05. The van der Waals surface area contributed by atoms with Gasteiger partial charge in [-0.05, 0) is 18.9 Å². The lowest BCUT2D eigenvalue weighted by Crippen LogP contribution is -2.37. The Morgan fingerprint density at radius 2 is 1.95 bits per heavy atom. The minimum atomic E-state index is -4.09. The molecule has 0 aliphatic carbocycles. The van der Waals surface area contributed by atoms with Gasteiger partial charge in [0, 0.05) is 22.9 Å². The molecule has 1 atom stereocenters. The Bertz CT molecular complexity index is 614. The summed E-state index contributed by atoms with van der Waals surface area (Å²) in [5.41, 5.74) is -0.165. The largest absolute Gasteiger partial charge is 0.348 e. The van der Waals surface area contributed by atoms with E-state index < -0.39 is 27.9 Å². The molecule has 1 heterocycles. The van der Waals surface area contributed by atoms with Gasteiger partial charge in [-0.2, -0.15) is 0 Å². The Hall–Kier alpha value is -1.15. The zero-order chi connectivity index (χ0) is 16.4. The second-order valence-corrected chi connectivity index (χ2v) is 7.61. The molecular formula is C12H17ClF2N2O3S. The van der Waals surface area contributed by atoms with Gasteiger partial charge < -0.3 is 9.88 Å². The monoisotopic (exact) mass is 342 g/mol. The van der Waals surface area contributed by atoms with Crippen molar-refractivity contribution in [3.8, 4) is 0 Å². The molecule has 0 aliphatic heterocycles. The van der Waals surface area contributed by atoms with E-state index in [4.69, 9.17) is 10.7 Å². The minimum absolute atomic E-state index is 0.142. The van der Waals surface area contributed by atoms with Gasteiger partial charge in [0.15, 0.2) is 0 Å². The lowest BCUT2D eigenvalue weighted by molar-refractivity contribution is 0.0908. The number of amides is 1. The van der Waals surface area contributed by atoms with Crippen LogP contribution in [0.25, 0.3) is 0 Å². The lowest BCUT2D eigenvalue weighted by Gasteiger charge is -2.18. The summed E-state index contributed by atoms with van der Waals surface area (Å²) in [6, 6.07) is 0.802. The van der Waals surface area contributed by atoms with Crippen molar-refractivity contribution in [2.75, 3.05) is 0 Å². The molecule has 0 fully saturated rings. The molecule has 1 aromatic heterocycles. The van der Waals surface area contributed by atoms with Crippen LogP contribution in [0, 0.1) is 5.92 Å². The fourth-order valence-electron chi connectivity index (χ4n) is 1.55. The molecule has 0 bridgehead atoms. The van der Waals surface area contributed by atoms with Crippen LogP contribution < -0.4 is 5.32 Å². The highest BCUT2D eigenvalue weighted by Crippen LogP contribution is 2.20. The third-order valence-corrected chi connectivity index (χ3v) is 4.40. The SMILES string of the molecule is CC(C)C(C)NC(=O)c1cc(S(=O)(=O)Cl)cn1CC(F)F. The van der Waals surface area contributed by atoms with Crippen LogP contribution in [0.1, 0.15) is 31.3 Å². The molecule has 1 unspecified atom stereocenters. The molecule has 0 spiro atoms. The summed E-state index contributed by atoms with van der Waals surface area (Å²) < 4.78 is 48.5. The van der Waals surface area contributed by atoms with E-state index in [9.17, 15) is 22.0 Å². The topological polar surface area (TPSA) is 68.2 Å². The normalized spacial score (nSPS) is 13.7. The molecule has 9 heteroatoms. The van der Waals surface area contributed by atoms with Crippen LogP contribution in [-0.2, 0) is 15.6 Å². The summed E-state index contributed by atoms with van der Waals surface area (Å²) in [6.07, 6.45) is -1.79. The number of rotatable bonds is 6. The number of alkyl halides is 2. The molecule has 21 heavy (non-hydrogen) atoms. The van der Waals surface area contributed by atoms with Crippen molar-refractivity contribution in [2.24, 2.45) is 5.92 Å². The number of carbonyl (C=O) groups excluding carboxylic acids is 1. The summed E-state index contributed by atoms with van der Waals surface area (Å²) >= 11 is 0. The first-order chi connectivity index (χ1) is 9.52.